The monoisotopic (exact) mass is 131 g/mol. The Morgan fingerprint density at radius 1 is 1.67 bits per heavy atom. The Labute approximate surface area is 55.0 Å². The van der Waals surface area contributed by atoms with Crippen molar-refractivity contribution in [3.05, 3.63) is 0 Å². The molecule has 54 valence electrons. The second-order valence-electron chi connectivity index (χ2n) is 2.44. The Bertz CT molecular complexity index is 87.1. The van der Waals surface area contributed by atoms with E-state index in [2.05, 4.69) is 5.32 Å². The highest BCUT2D eigenvalue weighted by atomic mass is 16.5. The van der Waals surface area contributed by atoms with E-state index >= 15 is 0 Å². The first kappa shape index (κ1) is 6.99. The highest BCUT2D eigenvalue weighted by Crippen LogP contribution is 2.07. The summed E-state index contributed by atoms with van der Waals surface area (Å²) in [6.45, 7) is 2.26. The molecule has 3 heteroatoms. The third-order valence-corrected chi connectivity index (χ3v) is 1.68. The van der Waals surface area contributed by atoms with Crippen molar-refractivity contribution in [1.82, 2.24) is 5.32 Å². The van der Waals surface area contributed by atoms with Crippen molar-refractivity contribution in [3.63, 3.8) is 0 Å². The number of hydrogen-bond donors (Lipinski definition) is 2. The predicted octanol–water partition coefficient (Wildman–Crippen LogP) is -0.787. The molecule has 0 aliphatic carbocycles. The van der Waals surface area contributed by atoms with Gasteiger partial charge in [-0.05, 0) is 0 Å². The number of aliphatic hydroxyl groups excluding tert-OH is 1. The number of rotatable bonds is 2. The van der Waals surface area contributed by atoms with Crippen molar-refractivity contribution in [2.45, 2.75) is 6.10 Å². The number of nitrogens with one attached hydrogen (secondary N) is 1. The molecule has 9 heavy (non-hydrogen) atoms. The van der Waals surface area contributed by atoms with Crippen LogP contribution in [0.5, 0.6) is 0 Å². The van der Waals surface area contributed by atoms with E-state index in [-0.39, 0.29) is 6.10 Å². The minimum atomic E-state index is -0.204. The molecule has 0 spiro atoms. The van der Waals surface area contributed by atoms with Crippen molar-refractivity contribution in [1.29, 1.82) is 0 Å². The molecule has 1 saturated heterocycles. The molecule has 3 nitrogen and oxygen atoms in total. The van der Waals surface area contributed by atoms with Crippen LogP contribution in [0.25, 0.3) is 0 Å². The van der Waals surface area contributed by atoms with Crippen molar-refractivity contribution in [3.8, 4) is 0 Å². The Kier molecular flexibility index (Phi) is 2.45. The molecule has 1 aliphatic heterocycles. The third kappa shape index (κ3) is 1.64. The Morgan fingerprint density at radius 2 is 2.44 bits per heavy atom. The van der Waals surface area contributed by atoms with Crippen molar-refractivity contribution >= 4 is 0 Å². The first-order chi connectivity index (χ1) is 4.34. The summed E-state index contributed by atoms with van der Waals surface area (Å²) in [5.74, 6) is 0.301. The van der Waals surface area contributed by atoms with Gasteiger partial charge in [-0.2, -0.15) is 0 Å². The fourth-order valence-corrected chi connectivity index (χ4v) is 1.10. The molecule has 0 radical (unpaired) electrons. The summed E-state index contributed by atoms with van der Waals surface area (Å²) in [6, 6.07) is 0. The maximum Gasteiger partial charge on any atom is 0.0726 e. The highest BCUT2D eigenvalue weighted by Gasteiger charge is 2.23. The summed E-state index contributed by atoms with van der Waals surface area (Å²) in [6.07, 6.45) is -0.204. The zero-order valence-corrected chi connectivity index (χ0v) is 5.63. The van der Waals surface area contributed by atoms with Gasteiger partial charge in [0.1, 0.15) is 0 Å². The molecule has 1 heterocycles. The Balaban J connectivity index is 2.22. The lowest BCUT2D eigenvalue weighted by molar-refractivity contribution is 0.0792. The standard InChI is InChI=1S/C6H13NO2/c1-9-4-5-2-7-3-6(5)8/h5-8H,2-4H2,1H3/t5-,6+/m1/s1. The predicted molar refractivity (Wildman–Crippen MR) is 34.2 cm³/mol. The van der Waals surface area contributed by atoms with Crippen LogP contribution < -0.4 is 5.32 Å². The smallest absolute Gasteiger partial charge is 0.0726 e. The summed E-state index contributed by atoms with van der Waals surface area (Å²) in [5.41, 5.74) is 0. The van der Waals surface area contributed by atoms with Gasteiger partial charge in [-0.15, -0.1) is 0 Å². The molecule has 0 aromatic heterocycles. The molecule has 1 aliphatic rings. The number of aliphatic hydroxyl groups is 1. The maximum absolute atomic E-state index is 9.18. The average Bonchev–Trinajstić information content (AvgIpc) is 2.18. The lowest BCUT2D eigenvalue weighted by atomic mass is 10.1. The number of ether oxygens (including phenoxy) is 1. The molecule has 0 aromatic rings. The van der Waals surface area contributed by atoms with E-state index in [1.54, 1.807) is 7.11 Å². The summed E-state index contributed by atoms with van der Waals surface area (Å²) in [4.78, 5) is 0. The molecule has 1 rings (SSSR count). The fourth-order valence-electron chi connectivity index (χ4n) is 1.10. The zero-order chi connectivity index (χ0) is 6.69. The number of β-amino-alcohol motifs (C(OH)–C–C–N with tert-alkyl or cyclic N) is 1. The third-order valence-electron chi connectivity index (χ3n) is 1.68. The van der Waals surface area contributed by atoms with E-state index < -0.39 is 0 Å². The van der Waals surface area contributed by atoms with Crippen LogP contribution in [0.2, 0.25) is 0 Å². The van der Waals surface area contributed by atoms with Gasteiger partial charge in [0.05, 0.1) is 12.7 Å². The van der Waals surface area contributed by atoms with Crippen LogP contribution in [0, 0.1) is 5.92 Å². The Hall–Kier alpha value is -0.120. The minimum Gasteiger partial charge on any atom is -0.391 e. The maximum atomic E-state index is 9.18. The van der Waals surface area contributed by atoms with E-state index in [4.69, 9.17) is 4.74 Å². The molecule has 0 amide bonds. The van der Waals surface area contributed by atoms with Gasteiger partial charge in [-0.3, -0.25) is 0 Å². The van der Waals surface area contributed by atoms with E-state index in [1.807, 2.05) is 0 Å². The second-order valence-corrected chi connectivity index (χ2v) is 2.44. The fraction of sp³-hybridized carbons (Fsp3) is 1.00. The van der Waals surface area contributed by atoms with Crippen LogP contribution in [0.4, 0.5) is 0 Å². The average molecular weight is 131 g/mol. The van der Waals surface area contributed by atoms with E-state index in [0.29, 0.717) is 19.1 Å². The van der Waals surface area contributed by atoms with Crippen molar-refractivity contribution in [2.75, 3.05) is 26.8 Å². The van der Waals surface area contributed by atoms with E-state index in [0.717, 1.165) is 6.54 Å². The van der Waals surface area contributed by atoms with Gasteiger partial charge < -0.3 is 15.2 Å². The van der Waals surface area contributed by atoms with Gasteiger partial charge in [-0.1, -0.05) is 0 Å². The van der Waals surface area contributed by atoms with Crippen LogP contribution in [0.15, 0.2) is 0 Å². The summed E-state index contributed by atoms with van der Waals surface area (Å²) in [7, 11) is 1.66. The Morgan fingerprint density at radius 3 is 2.89 bits per heavy atom. The van der Waals surface area contributed by atoms with Crippen LogP contribution in [0.1, 0.15) is 0 Å². The molecule has 1 fully saturated rings. The molecular formula is C6H13NO2. The second kappa shape index (κ2) is 3.15. The van der Waals surface area contributed by atoms with Gasteiger partial charge in [0.2, 0.25) is 0 Å². The van der Waals surface area contributed by atoms with Gasteiger partial charge in [-0.25, -0.2) is 0 Å². The first-order valence-corrected chi connectivity index (χ1v) is 3.22. The van der Waals surface area contributed by atoms with Gasteiger partial charge in [0, 0.05) is 26.1 Å². The molecule has 0 unspecified atom stereocenters. The molecule has 0 saturated carbocycles. The number of methoxy groups -OCH3 is 1. The molecule has 2 atom stereocenters. The topological polar surface area (TPSA) is 41.5 Å². The molecule has 0 bridgehead atoms. The largest absolute Gasteiger partial charge is 0.391 e. The quantitative estimate of drug-likeness (QED) is 0.516. The summed E-state index contributed by atoms with van der Waals surface area (Å²) in [5, 5.41) is 12.3. The van der Waals surface area contributed by atoms with Gasteiger partial charge >= 0.3 is 0 Å². The zero-order valence-electron chi connectivity index (χ0n) is 5.63. The lowest BCUT2D eigenvalue weighted by Crippen LogP contribution is -2.21. The molecular weight excluding hydrogens is 118 g/mol. The van der Waals surface area contributed by atoms with Crippen molar-refractivity contribution < 1.29 is 9.84 Å². The van der Waals surface area contributed by atoms with Gasteiger partial charge in [0.15, 0.2) is 0 Å². The number of hydrogen-bond acceptors (Lipinski definition) is 3. The van der Waals surface area contributed by atoms with Crippen LogP contribution >= 0.6 is 0 Å². The first-order valence-electron chi connectivity index (χ1n) is 3.22. The van der Waals surface area contributed by atoms with Crippen molar-refractivity contribution in [2.24, 2.45) is 5.92 Å². The van der Waals surface area contributed by atoms with Gasteiger partial charge in [0.25, 0.3) is 0 Å². The lowest BCUT2D eigenvalue weighted by Gasteiger charge is -2.10. The molecule has 0 aromatic carbocycles. The van der Waals surface area contributed by atoms with E-state index in [1.165, 1.54) is 0 Å². The van der Waals surface area contributed by atoms with Crippen LogP contribution in [-0.4, -0.2) is 38.0 Å². The summed E-state index contributed by atoms with van der Waals surface area (Å²) >= 11 is 0. The molecule has 2 N–H and O–H groups in total. The van der Waals surface area contributed by atoms with E-state index in [9.17, 15) is 5.11 Å². The normalized spacial score (nSPS) is 35.3. The minimum absolute atomic E-state index is 0.204. The van der Waals surface area contributed by atoms with Crippen LogP contribution in [-0.2, 0) is 4.74 Å². The summed E-state index contributed by atoms with van der Waals surface area (Å²) < 4.78 is 4.90. The SMILES string of the molecule is COC[C@H]1CNC[C@@H]1O. The van der Waals surface area contributed by atoms with Crippen LogP contribution in [0.3, 0.4) is 0 Å². The highest BCUT2D eigenvalue weighted by molar-refractivity contribution is 4.79.